The van der Waals surface area contributed by atoms with Crippen molar-refractivity contribution in [1.82, 2.24) is 14.8 Å². The van der Waals surface area contributed by atoms with Gasteiger partial charge in [-0.25, -0.2) is 9.67 Å². The van der Waals surface area contributed by atoms with Gasteiger partial charge in [-0.05, 0) is 37.3 Å². The van der Waals surface area contributed by atoms with E-state index in [2.05, 4.69) is 15.4 Å². The molecule has 2 heterocycles. The van der Waals surface area contributed by atoms with Gasteiger partial charge in [0.15, 0.2) is 5.13 Å². The molecule has 0 saturated heterocycles. The normalized spacial score (nSPS) is 10.6. The summed E-state index contributed by atoms with van der Waals surface area (Å²) in [5, 5.41) is 7.41. The molecule has 128 valence electrons. The Morgan fingerprint density at radius 2 is 2.08 bits per heavy atom. The van der Waals surface area contributed by atoms with E-state index in [0.717, 1.165) is 15.6 Å². The maximum absolute atomic E-state index is 12.4. The minimum absolute atomic E-state index is 0.186. The number of anilines is 1. The smallest absolute Gasteiger partial charge is 0.257 e. The fraction of sp³-hybridized carbons (Fsp3) is 0.125. The Morgan fingerprint density at radius 3 is 2.72 bits per heavy atom. The van der Waals surface area contributed by atoms with Crippen molar-refractivity contribution in [3.8, 4) is 5.69 Å². The second-order valence-electron chi connectivity index (χ2n) is 5.10. The summed E-state index contributed by atoms with van der Waals surface area (Å²) in [6, 6.07) is 8.94. The summed E-state index contributed by atoms with van der Waals surface area (Å²) in [7, 11) is 0. The number of primary amides is 1. The molecule has 3 N–H and O–H groups in total. The highest BCUT2D eigenvalue weighted by Crippen LogP contribution is 2.32. The number of aryl methyl sites for hydroxylation is 1. The van der Waals surface area contributed by atoms with Gasteiger partial charge in [0.05, 0.1) is 21.3 Å². The van der Waals surface area contributed by atoms with Gasteiger partial charge in [0, 0.05) is 18.0 Å². The van der Waals surface area contributed by atoms with Gasteiger partial charge in [0.2, 0.25) is 5.91 Å². The molecule has 7 nitrogen and oxygen atoms in total. The van der Waals surface area contributed by atoms with Gasteiger partial charge < -0.3 is 5.73 Å². The van der Waals surface area contributed by atoms with Crippen LogP contribution in [0.3, 0.4) is 0 Å². The molecule has 0 saturated carbocycles. The number of carbonyl (C=O) groups is 2. The van der Waals surface area contributed by atoms with E-state index in [1.807, 2.05) is 31.3 Å². The van der Waals surface area contributed by atoms with E-state index in [4.69, 9.17) is 5.73 Å². The van der Waals surface area contributed by atoms with Crippen LogP contribution < -0.4 is 11.1 Å². The molecule has 0 aliphatic rings. The highest BCUT2D eigenvalue weighted by Gasteiger charge is 2.13. The van der Waals surface area contributed by atoms with Crippen LogP contribution in [0.15, 0.2) is 46.9 Å². The van der Waals surface area contributed by atoms with Crippen LogP contribution >= 0.6 is 23.1 Å². The molecule has 0 fully saturated rings. The molecular weight excluding hydrogens is 358 g/mol. The molecule has 0 atom stereocenters. The van der Waals surface area contributed by atoms with Crippen molar-refractivity contribution in [2.24, 2.45) is 5.73 Å². The van der Waals surface area contributed by atoms with Gasteiger partial charge in [-0.2, -0.15) is 5.10 Å². The summed E-state index contributed by atoms with van der Waals surface area (Å²) in [6.45, 7) is 1.83. The Bertz CT molecular complexity index is 888. The first-order valence-corrected chi connectivity index (χ1v) is 9.13. The van der Waals surface area contributed by atoms with Gasteiger partial charge in [0.25, 0.3) is 5.91 Å². The van der Waals surface area contributed by atoms with E-state index in [-0.39, 0.29) is 17.6 Å². The summed E-state index contributed by atoms with van der Waals surface area (Å²) in [5.74, 6) is -0.446. The van der Waals surface area contributed by atoms with Crippen LogP contribution in [0.5, 0.6) is 0 Å². The van der Waals surface area contributed by atoms with Crippen LogP contribution in [0.4, 0.5) is 5.13 Å². The first kappa shape index (κ1) is 17.2. The number of carbonyl (C=O) groups excluding carboxylic acids is 2. The number of rotatable bonds is 6. The fourth-order valence-electron chi connectivity index (χ4n) is 2.06. The third-order valence-corrected chi connectivity index (χ3v) is 5.68. The zero-order valence-electron chi connectivity index (χ0n) is 13.3. The number of thiazole rings is 1. The lowest BCUT2D eigenvalue weighted by atomic mass is 10.2. The molecule has 0 aliphatic heterocycles. The van der Waals surface area contributed by atoms with E-state index in [9.17, 15) is 9.59 Å². The highest BCUT2D eigenvalue weighted by molar-refractivity contribution is 8.01. The fourth-order valence-corrected chi connectivity index (χ4v) is 3.94. The van der Waals surface area contributed by atoms with Crippen molar-refractivity contribution in [3.05, 3.63) is 54.0 Å². The summed E-state index contributed by atoms with van der Waals surface area (Å²) in [6.07, 6.45) is 3.53. The van der Waals surface area contributed by atoms with Crippen LogP contribution in [-0.4, -0.2) is 32.3 Å². The Balaban J connectivity index is 1.68. The number of thioether (sulfide) groups is 1. The molecule has 0 spiro atoms. The van der Waals surface area contributed by atoms with Gasteiger partial charge in [-0.15, -0.1) is 11.8 Å². The van der Waals surface area contributed by atoms with Crippen molar-refractivity contribution >= 4 is 40.0 Å². The number of amides is 2. The second-order valence-corrected chi connectivity index (χ2v) is 7.34. The third-order valence-electron chi connectivity index (χ3n) is 3.22. The average Bonchev–Trinajstić information content (AvgIpc) is 3.23. The van der Waals surface area contributed by atoms with Gasteiger partial charge in [-0.1, -0.05) is 11.3 Å². The Labute approximate surface area is 152 Å². The monoisotopic (exact) mass is 373 g/mol. The van der Waals surface area contributed by atoms with E-state index < -0.39 is 0 Å². The lowest BCUT2D eigenvalue weighted by Crippen LogP contribution is -2.12. The molecule has 2 amide bonds. The Morgan fingerprint density at radius 1 is 1.32 bits per heavy atom. The largest absolute Gasteiger partial charge is 0.369 e. The summed E-state index contributed by atoms with van der Waals surface area (Å²) in [5.41, 5.74) is 7.31. The van der Waals surface area contributed by atoms with Gasteiger partial charge >= 0.3 is 0 Å². The quantitative estimate of drug-likeness (QED) is 0.646. The molecule has 0 radical (unpaired) electrons. The Kier molecular flexibility index (Phi) is 5.15. The summed E-state index contributed by atoms with van der Waals surface area (Å²) in [4.78, 5) is 27.5. The minimum atomic E-state index is -0.388. The molecule has 0 aliphatic carbocycles. The standard InChI is InChI=1S/C16H15N5O2S2/c1-10-15(24-9-13(17)22)25-16(19-10)20-14(23)11-3-5-12(6-4-11)21-8-2-7-18-21/h2-8H,9H2,1H3,(H2,17,22)(H,19,20,23). The number of aromatic nitrogens is 3. The first-order valence-electron chi connectivity index (χ1n) is 7.33. The molecule has 1 aromatic carbocycles. The van der Waals surface area contributed by atoms with Gasteiger partial charge in [-0.3, -0.25) is 14.9 Å². The predicted octanol–water partition coefficient (Wildman–Crippen LogP) is 2.47. The second kappa shape index (κ2) is 7.49. The molecule has 0 bridgehead atoms. The lowest BCUT2D eigenvalue weighted by molar-refractivity contribution is -0.115. The van der Waals surface area contributed by atoms with Crippen LogP contribution in [-0.2, 0) is 4.79 Å². The van der Waals surface area contributed by atoms with E-state index in [1.165, 1.54) is 23.1 Å². The minimum Gasteiger partial charge on any atom is -0.369 e. The van der Waals surface area contributed by atoms with Crippen molar-refractivity contribution in [3.63, 3.8) is 0 Å². The number of hydrogen-bond acceptors (Lipinski definition) is 6. The molecular formula is C16H15N5O2S2. The van der Waals surface area contributed by atoms with Crippen molar-refractivity contribution in [1.29, 1.82) is 0 Å². The first-order chi connectivity index (χ1) is 12.0. The molecule has 25 heavy (non-hydrogen) atoms. The van der Waals surface area contributed by atoms with E-state index >= 15 is 0 Å². The zero-order valence-corrected chi connectivity index (χ0v) is 14.9. The number of nitrogens with two attached hydrogens (primary N) is 1. The Hall–Kier alpha value is -2.65. The van der Waals surface area contributed by atoms with Crippen molar-refractivity contribution < 1.29 is 9.59 Å². The molecule has 9 heteroatoms. The number of nitrogens with one attached hydrogen (secondary N) is 1. The zero-order chi connectivity index (χ0) is 17.8. The highest BCUT2D eigenvalue weighted by atomic mass is 32.2. The molecule has 2 aromatic heterocycles. The van der Waals surface area contributed by atoms with Crippen LogP contribution in [0, 0.1) is 6.92 Å². The third kappa shape index (κ3) is 4.25. The number of hydrogen-bond donors (Lipinski definition) is 2. The SMILES string of the molecule is Cc1nc(NC(=O)c2ccc(-n3cccn3)cc2)sc1SCC(N)=O. The van der Waals surface area contributed by atoms with Crippen molar-refractivity contribution in [2.75, 3.05) is 11.1 Å². The van der Waals surface area contributed by atoms with Crippen LogP contribution in [0.1, 0.15) is 16.1 Å². The van der Waals surface area contributed by atoms with Crippen LogP contribution in [0.25, 0.3) is 5.69 Å². The summed E-state index contributed by atoms with van der Waals surface area (Å²) < 4.78 is 2.58. The molecule has 3 rings (SSSR count). The van der Waals surface area contributed by atoms with Crippen LogP contribution in [0.2, 0.25) is 0 Å². The van der Waals surface area contributed by atoms with Gasteiger partial charge in [0.1, 0.15) is 0 Å². The van der Waals surface area contributed by atoms with Crippen molar-refractivity contribution in [2.45, 2.75) is 11.1 Å². The topological polar surface area (TPSA) is 103 Å². The molecule has 3 aromatic rings. The number of benzene rings is 1. The van der Waals surface area contributed by atoms with E-state index in [0.29, 0.717) is 10.7 Å². The maximum atomic E-state index is 12.4. The lowest BCUT2D eigenvalue weighted by Gasteiger charge is -2.04. The number of nitrogens with zero attached hydrogens (tertiary/aromatic N) is 3. The predicted molar refractivity (Wildman–Crippen MR) is 98.3 cm³/mol. The molecule has 0 unspecified atom stereocenters. The average molecular weight is 373 g/mol. The summed E-state index contributed by atoms with van der Waals surface area (Å²) >= 11 is 2.64. The van der Waals surface area contributed by atoms with E-state index in [1.54, 1.807) is 23.0 Å². The maximum Gasteiger partial charge on any atom is 0.257 e.